The van der Waals surface area contributed by atoms with E-state index >= 15 is 0 Å². The van der Waals surface area contributed by atoms with Crippen LogP contribution in [0.5, 0.6) is 0 Å². The van der Waals surface area contributed by atoms with Gasteiger partial charge < -0.3 is 14.8 Å². The van der Waals surface area contributed by atoms with E-state index in [1.807, 2.05) is 63.2 Å². The van der Waals surface area contributed by atoms with Gasteiger partial charge in [-0.2, -0.15) is 0 Å². The number of alkyl carbamates (subject to hydrolysis) is 1. The Kier molecular flexibility index (Phi) is 7.96. The van der Waals surface area contributed by atoms with Crippen molar-refractivity contribution >= 4 is 61.7 Å². The molecule has 0 bridgehead atoms. The van der Waals surface area contributed by atoms with Gasteiger partial charge in [0.2, 0.25) is 0 Å². The van der Waals surface area contributed by atoms with Crippen molar-refractivity contribution < 1.29 is 19.1 Å². The molecule has 1 amide bonds. The second kappa shape index (κ2) is 10.2. The molecule has 0 radical (unpaired) electrons. The Morgan fingerprint density at radius 3 is 2.32 bits per heavy atom. The summed E-state index contributed by atoms with van der Waals surface area (Å²) in [5.41, 5.74) is 0.812. The summed E-state index contributed by atoms with van der Waals surface area (Å²) in [4.78, 5) is 30.8. The molecule has 0 aliphatic rings. The number of hydrogen-bond acceptors (Lipinski definition) is 5. The van der Waals surface area contributed by atoms with Crippen LogP contribution in [0, 0.1) is 3.57 Å². The highest BCUT2D eigenvalue weighted by atomic mass is 127. The second-order valence-corrected chi connectivity index (χ2v) is 11.9. The van der Waals surface area contributed by atoms with Gasteiger partial charge in [0.1, 0.15) is 17.0 Å². The number of para-hydroxylation sites is 2. The Morgan fingerprint density at radius 2 is 1.71 bits per heavy atom. The number of nitrogens with zero attached hydrogens (tertiary/aromatic N) is 2. The summed E-state index contributed by atoms with van der Waals surface area (Å²) in [5.74, 6) is 0.371. The highest BCUT2D eigenvalue weighted by Crippen LogP contribution is 2.28. The standard InChI is InChI=1S/C25H29BrIN3O4/c1-24(2,3)33-22(31)29-19(14-15-11-12-17(27)16(26)13-15)21-28-18-9-7-8-10-20(18)30(21)23(32)34-25(4,5)6/h7-13,19H,14H2,1-6H3,(H,29,31). The lowest BCUT2D eigenvalue weighted by Gasteiger charge is -2.25. The van der Waals surface area contributed by atoms with E-state index in [0.717, 1.165) is 13.6 Å². The fraction of sp³-hybridized carbons (Fsp3) is 0.400. The van der Waals surface area contributed by atoms with E-state index in [0.29, 0.717) is 23.3 Å². The molecule has 0 aliphatic heterocycles. The fourth-order valence-corrected chi connectivity index (χ4v) is 4.10. The number of hydrogen-bond donors (Lipinski definition) is 1. The van der Waals surface area contributed by atoms with Gasteiger partial charge in [-0.1, -0.05) is 18.2 Å². The van der Waals surface area contributed by atoms with Crippen molar-refractivity contribution in [2.75, 3.05) is 0 Å². The van der Waals surface area contributed by atoms with E-state index < -0.39 is 29.4 Å². The Bertz CT molecular complexity index is 1210. The van der Waals surface area contributed by atoms with Gasteiger partial charge in [0.25, 0.3) is 0 Å². The summed E-state index contributed by atoms with van der Waals surface area (Å²) in [5, 5.41) is 2.92. The van der Waals surface area contributed by atoms with Gasteiger partial charge in [-0.15, -0.1) is 0 Å². The largest absolute Gasteiger partial charge is 0.444 e. The van der Waals surface area contributed by atoms with Gasteiger partial charge in [-0.05, 0) is 110 Å². The van der Waals surface area contributed by atoms with E-state index in [1.54, 1.807) is 20.8 Å². The number of imidazole rings is 1. The maximum absolute atomic E-state index is 13.3. The molecule has 1 aromatic heterocycles. The van der Waals surface area contributed by atoms with Crippen LogP contribution in [-0.2, 0) is 15.9 Å². The number of rotatable bonds is 4. The number of nitrogens with one attached hydrogen (secondary N) is 1. The predicted octanol–water partition coefficient (Wildman–Crippen LogP) is 7.00. The van der Waals surface area contributed by atoms with Gasteiger partial charge >= 0.3 is 12.2 Å². The third-order valence-electron chi connectivity index (χ3n) is 4.59. The minimum atomic E-state index is -0.700. The molecule has 182 valence electrons. The average molecular weight is 642 g/mol. The number of aromatic nitrogens is 2. The SMILES string of the molecule is CC(C)(C)OC(=O)NC(Cc1ccc(I)c(Br)c1)c1nc2ccccc2n1C(=O)OC(C)(C)C. The zero-order valence-corrected chi connectivity index (χ0v) is 23.9. The van der Waals surface area contributed by atoms with Crippen molar-refractivity contribution in [3.63, 3.8) is 0 Å². The molecule has 3 rings (SSSR count). The number of carbonyl (C=O) groups is 2. The fourth-order valence-electron chi connectivity index (χ4n) is 3.34. The monoisotopic (exact) mass is 641 g/mol. The minimum Gasteiger partial charge on any atom is -0.444 e. The van der Waals surface area contributed by atoms with Gasteiger partial charge in [0.15, 0.2) is 0 Å². The van der Waals surface area contributed by atoms with Crippen LogP contribution in [0.4, 0.5) is 9.59 Å². The molecule has 9 heteroatoms. The summed E-state index contributed by atoms with van der Waals surface area (Å²) in [6, 6.07) is 12.6. The Labute approximate surface area is 221 Å². The maximum Gasteiger partial charge on any atom is 0.420 e. The normalized spacial score (nSPS) is 12.9. The molecule has 34 heavy (non-hydrogen) atoms. The average Bonchev–Trinajstić information content (AvgIpc) is 3.07. The number of ether oxygens (including phenoxy) is 2. The zero-order valence-electron chi connectivity index (χ0n) is 20.1. The van der Waals surface area contributed by atoms with Crippen LogP contribution in [0.15, 0.2) is 46.9 Å². The third-order valence-corrected chi connectivity index (χ3v) is 6.93. The van der Waals surface area contributed by atoms with E-state index in [2.05, 4.69) is 43.8 Å². The molecule has 2 aromatic carbocycles. The first kappa shape index (κ1) is 26.5. The van der Waals surface area contributed by atoms with Crippen molar-refractivity contribution in [3.8, 4) is 0 Å². The molecular formula is C25H29BrIN3O4. The quantitative estimate of drug-likeness (QED) is 0.310. The number of fused-ring (bicyclic) bond motifs is 1. The first-order chi connectivity index (χ1) is 15.7. The molecule has 7 nitrogen and oxygen atoms in total. The number of carbonyl (C=O) groups excluding carboxylic acids is 2. The van der Waals surface area contributed by atoms with Gasteiger partial charge in [-0.25, -0.2) is 19.1 Å². The molecule has 1 N–H and O–H groups in total. The highest BCUT2D eigenvalue weighted by Gasteiger charge is 2.30. The Morgan fingerprint density at radius 1 is 1.06 bits per heavy atom. The summed E-state index contributed by atoms with van der Waals surface area (Å²) in [7, 11) is 0. The first-order valence-corrected chi connectivity index (χ1v) is 12.7. The third kappa shape index (κ3) is 6.94. The lowest BCUT2D eigenvalue weighted by Crippen LogP contribution is -2.38. The molecule has 0 saturated carbocycles. The molecule has 0 fully saturated rings. The number of benzene rings is 2. The lowest BCUT2D eigenvalue weighted by molar-refractivity contribution is 0.0475. The summed E-state index contributed by atoms with van der Waals surface area (Å²) >= 11 is 5.81. The van der Waals surface area contributed by atoms with Crippen molar-refractivity contribution in [2.45, 2.75) is 65.2 Å². The van der Waals surface area contributed by atoms with E-state index in [4.69, 9.17) is 14.5 Å². The predicted molar refractivity (Wildman–Crippen MR) is 144 cm³/mol. The molecular weight excluding hydrogens is 613 g/mol. The topological polar surface area (TPSA) is 82.5 Å². The van der Waals surface area contributed by atoms with Crippen LogP contribution in [-0.4, -0.2) is 32.9 Å². The second-order valence-electron chi connectivity index (χ2n) is 9.93. The summed E-state index contributed by atoms with van der Waals surface area (Å²) in [6.07, 6.45) is -0.762. The Balaban J connectivity index is 2.10. The molecule has 3 aromatic rings. The van der Waals surface area contributed by atoms with Crippen LogP contribution in [0.25, 0.3) is 11.0 Å². The van der Waals surface area contributed by atoms with Crippen LogP contribution in [0.2, 0.25) is 0 Å². The molecule has 1 heterocycles. The molecule has 0 aliphatic carbocycles. The summed E-state index contributed by atoms with van der Waals surface area (Å²) in [6.45, 7) is 10.8. The van der Waals surface area contributed by atoms with Crippen LogP contribution in [0.3, 0.4) is 0 Å². The van der Waals surface area contributed by atoms with Gasteiger partial charge in [-0.3, -0.25) is 0 Å². The Hall–Kier alpha value is -2.14. The van der Waals surface area contributed by atoms with Crippen molar-refractivity contribution in [3.05, 3.63) is 61.9 Å². The van der Waals surface area contributed by atoms with E-state index in [-0.39, 0.29) is 0 Å². The van der Waals surface area contributed by atoms with E-state index in [1.165, 1.54) is 4.57 Å². The van der Waals surface area contributed by atoms with Gasteiger partial charge in [0.05, 0.1) is 17.1 Å². The van der Waals surface area contributed by atoms with Crippen molar-refractivity contribution in [2.24, 2.45) is 0 Å². The zero-order chi connectivity index (χ0) is 25.3. The lowest BCUT2D eigenvalue weighted by atomic mass is 10.1. The summed E-state index contributed by atoms with van der Waals surface area (Å²) < 4.78 is 14.6. The molecule has 1 unspecified atom stereocenters. The minimum absolute atomic E-state index is 0.371. The smallest absolute Gasteiger partial charge is 0.420 e. The van der Waals surface area contributed by atoms with Crippen LogP contribution >= 0.6 is 38.5 Å². The maximum atomic E-state index is 13.3. The van der Waals surface area contributed by atoms with Crippen molar-refractivity contribution in [1.29, 1.82) is 0 Å². The van der Waals surface area contributed by atoms with Gasteiger partial charge in [0, 0.05) is 14.5 Å². The molecule has 1 atom stereocenters. The molecule has 0 spiro atoms. The van der Waals surface area contributed by atoms with E-state index in [9.17, 15) is 9.59 Å². The highest BCUT2D eigenvalue weighted by molar-refractivity contribution is 14.1. The number of halogens is 2. The number of amides is 1. The van der Waals surface area contributed by atoms with Crippen molar-refractivity contribution in [1.82, 2.24) is 14.9 Å². The van der Waals surface area contributed by atoms with Crippen LogP contribution in [0.1, 0.15) is 59.0 Å². The first-order valence-electron chi connectivity index (χ1n) is 10.9. The molecule has 0 saturated heterocycles. The van der Waals surface area contributed by atoms with Crippen LogP contribution < -0.4 is 5.32 Å².